The van der Waals surface area contributed by atoms with E-state index in [1.807, 2.05) is 62.7 Å². The van der Waals surface area contributed by atoms with Crippen LogP contribution in [0.4, 0.5) is 0 Å². The van der Waals surface area contributed by atoms with Crippen LogP contribution in [-0.4, -0.2) is 33.3 Å². The van der Waals surface area contributed by atoms with Gasteiger partial charge in [-0.2, -0.15) is 5.10 Å². The van der Waals surface area contributed by atoms with Gasteiger partial charge in [0.05, 0.1) is 23.2 Å². The molecule has 0 unspecified atom stereocenters. The third kappa shape index (κ3) is 3.95. The zero-order valence-electron chi connectivity index (χ0n) is 15.9. The van der Waals surface area contributed by atoms with E-state index >= 15 is 0 Å². The first-order valence-electron chi connectivity index (χ1n) is 8.95. The third-order valence-corrected chi connectivity index (χ3v) is 5.21. The second-order valence-electron chi connectivity index (χ2n) is 6.64. The molecular weight excluding hydrogens is 330 g/mol. The zero-order valence-corrected chi connectivity index (χ0v) is 15.9. The Labute approximate surface area is 154 Å². The molecule has 0 saturated heterocycles. The fourth-order valence-electron chi connectivity index (χ4n) is 3.12. The minimum atomic E-state index is -0.909. The molecule has 0 radical (unpaired) electrons. The predicted molar refractivity (Wildman–Crippen MR) is 100 cm³/mol. The Morgan fingerprint density at radius 1 is 1.15 bits per heavy atom. The van der Waals surface area contributed by atoms with Gasteiger partial charge in [-0.05, 0) is 38.8 Å². The van der Waals surface area contributed by atoms with Gasteiger partial charge in [0.25, 0.3) is 0 Å². The molecule has 26 heavy (non-hydrogen) atoms. The summed E-state index contributed by atoms with van der Waals surface area (Å²) >= 11 is 0. The SMILES string of the molecule is CCC(CC)(CNC(=O)Cc1c(C)nn(-c2ccccc2)c1C)C(=O)O. The molecule has 2 N–H and O–H groups in total. The number of aromatic nitrogens is 2. The van der Waals surface area contributed by atoms with Crippen LogP contribution in [0.3, 0.4) is 0 Å². The molecule has 0 atom stereocenters. The maximum Gasteiger partial charge on any atom is 0.311 e. The van der Waals surface area contributed by atoms with E-state index in [0.29, 0.717) is 12.8 Å². The first-order valence-corrected chi connectivity index (χ1v) is 8.95. The number of para-hydroxylation sites is 1. The van der Waals surface area contributed by atoms with Crippen molar-refractivity contribution in [1.82, 2.24) is 15.1 Å². The molecule has 1 amide bonds. The molecule has 6 nitrogen and oxygen atoms in total. The van der Waals surface area contributed by atoms with E-state index in [-0.39, 0.29) is 18.9 Å². The number of benzene rings is 1. The van der Waals surface area contributed by atoms with E-state index in [4.69, 9.17) is 0 Å². The third-order valence-electron chi connectivity index (χ3n) is 5.21. The van der Waals surface area contributed by atoms with E-state index in [0.717, 1.165) is 22.6 Å². The van der Waals surface area contributed by atoms with Gasteiger partial charge in [0, 0.05) is 17.8 Å². The number of carbonyl (C=O) groups is 2. The standard InChI is InChI=1S/C20H27N3O3/c1-5-20(6-2,19(25)26)13-21-18(24)12-17-14(3)22-23(15(17)4)16-10-8-7-9-11-16/h7-11H,5-6,12-13H2,1-4H3,(H,21,24)(H,25,26). The molecule has 0 aliphatic heterocycles. The highest BCUT2D eigenvalue weighted by Crippen LogP contribution is 2.26. The fraction of sp³-hybridized carbons (Fsp3) is 0.450. The minimum absolute atomic E-state index is 0.138. The van der Waals surface area contributed by atoms with E-state index in [1.165, 1.54) is 0 Å². The van der Waals surface area contributed by atoms with Gasteiger partial charge in [-0.15, -0.1) is 0 Å². The number of carboxylic acid groups (broad SMARTS) is 1. The largest absolute Gasteiger partial charge is 0.481 e. The van der Waals surface area contributed by atoms with Crippen LogP contribution in [0.5, 0.6) is 0 Å². The van der Waals surface area contributed by atoms with Crippen molar-refractivity contribution in [3.63, 3.8) is 0 Å². The van der Waals surface area contributed by atoms with Crippen molar-refractivity contribution in [3.05, 3.63) is 47.3 Å². The van der Waals surface area contributed by atoms with Crippen LogP contribution in [0.15, 0.2) is 30.3 Å². The van der Waals surface area contributed by atoms with Crippen molar-refractivity contribution in [3.8, 4) is 5.69 Å². The van der Waals surface area contributed by atoms with E-state index in [1.54, 1.807) is 0 Å². The van der Waals surface area contributed by atoms with Crippen molar-refractivity contribution >= 4 is 11.9 Å². The lowest BCUT2D eigenvalue weighted by Crippen LogP contribution is -2.42. The summed E-state index contributed by atoms with van der Waals surface area (Å²) in [5, 5.41) is 16.8. The lowest BCUT2D eigenvalue weighted by atomic mass is 9.82. The molecule has 0 aliphatic carbocycles. The fourth-order valence-corrected chi connectivity index (χ4v) is 3.12. The van der Waals surface area contributed by atoms with Crippen LogP contribution in [0, 0.1) is 19.3 Å². The first kappa shape index (κ1) is 19.7. The summed E-state index contributed by atoms with van der Waals surface area (Å²) in [6.45, 7) is 7.63. The van der Waals surface area contributed by atoms with Gasteiger partial charge in [0.2, 0.25) is 5.91 Å². The molecule has 0 aliphatic rings. The number of hydrogen-bond acceptors (Lipinski definition) is 3. The molecule has 2 rings (SSSR count). The topological polar surface area (TPSA) is 84.2 Å². The van der Waals surface area contributed by atoms with Gasteiger partial charge in [0.1, 0.15) is 0 Å². The van der Waals surface area contributed by atoms with Crippen molar-refractivity contribution in [2.75, 3.05) is 6.54 Å². The Balaban J connectivity index is 2.13. The van der Waals surface area contributed by atoms with Gasteiger partial charge >= 0.3 is 5.97 Å². The summed E-state index contributed by atoms with van der Waals surface area (Å²) in [5.41, 5.74) is 2.63. The molecule has 0 fully saturated rings. The normalized spacial score (nSPS) is 11.4. The number of nitrogens with zero attached hydrogens (tertiary/aromatic N) is 2. The Bertz CT molecular complexity index is 777. The minimum Gasteiger partial charge on any atom is -0.481 e. The van der Waals surface area contributed by atoms with Crippen LogP contribution in [0.2, 0.25) is 0 Å². The lowest BCUT2D eigenvalue weighted by molar-refractivity contribution is -0.149. The van der Waals surface area contributed by atoms with Gasteiger partial charge in [-0.1, -0.05) is 32.0 Å². The average molecular weight is 357 g/mol. The van der Waals surface area contributed by atoms with E-state index in [9.17, 15) is 14.7 Å². The Morgan fingerprint density at radius 3 is 2.31 bits per heavy atom. The number of rotatable bonds is 8. The van der Waals surface area contributed by atoms with Gasteiger partial charge in [-0.25, -0.2) is 4.68 Å². The summed E-state index contributed by atoms with van der Waals surface area (Å²) in [7, 11) is 0. The van der Waals surface area contributed by atoms with E-state index in [2.05, 4.69) is 10.4 Å². The summed E-state index contributed by atoms with van der Waals surface area (Å²) in [4.78, 5) is 24.0. The molecule has 0 spiro atoms. The number of aryl methyl sites for hydroxylation is 1. The molecule has 140 valence electrons. The first-order chi connectivity index (χ1) is 12.3. The van der Waals surface area contributed by atoms with E-state index < -0.39 is 11.4 Å². The predicted octanol–water partition coefficient (Wildman–Crippen LogP) is 3.04. The number of carboxylic acids is 1. The molecular formula is C20H27N3O3. The molecule has 2 aromatic rings. The average Bonchev–Trinajstić information content (AvgIpc) is 2.91. The Kier molecular flexibility index (Phi) is 6.18. The van der Waals surface area contributed by atoms with Crippen LogP contribution >= 0.6 is 0 Å². The zero-order chi connectivity index (χ0) is 19.3. The highest BCUT2D eigenvalue weighted by molar-refractivity contribution is 5.81. The molecule has 0 saturated carbocycles. The maximum atomic E-state index is 12.4. The Hall–Kier alpha value is -2.63. The highest BCUT2D eigenvalue weighted by Gasteiger charge is 2.35. The number of aliphatic carboxylic acids is 1. The molecule has 1 aromatic heterocycles. The smallest absolute Gasteiger partial charge is 0.311 e. The van der Waals surface area contributed by atoms with Crippen molar-refractivity contribution in [2.45, 2.75) is 47.0 Å². The summed E-state index contributed by atoms with van der Waals surface area (Å²) in [5.74, 6) is -1.05. The quantitative estimate of drug-likeness (QED) is 0.760. The second-order valence-corrected chi connectivity index (χ2v) is 6.64. The lowest BCUT2D eigenvalue weighted by Gasteiger charge is -2.26. The molecule has 1 aromatic carbocycles. The number of carbonyl (C=O) groups excluding carboxylic acids is 1. The van der Waals surface area contributed by atoms with Crippen LogP contribution in [0.1, 0.15) is 43.6 Å². The summed E-state index contributed by atoms with van der Waals surface area (Å²) in [6, 6.07) is 9.76. The second kappa shape index (κ2) is 8.17. The Morgan fingerprint density at radius 2 is 1.77 bits per heavy atom. The van der Waals surface area contributed by atoms with Crippen LogP contribution in [0.25, 0.3) is 5.69 Å². The monoisotopic (exact) mass is 357 g/mol. The number of amides is 1. The van der Waals surface area contributed by atoms with Crippen LogP contribution in [-0.2, 0) is 16.0 Å². The van der Waals surface area contributed by atoms with Crippen LogP contribution < -0.4 is 5.32 Å². The van der Waals surface area contributed by atoms with Crippen molar-refractivity contribution < 1.29 is 14.7 Å². The molecule has 6 heteroatoms. The molecule has 0 bridgehead atoms. The van der Waals surface area contributed by atoms with Gasteiger partial charge < -0.3 is 10.4 Å². The van der Waals surface area contributed by atoms with Crippen molar-refractivity contribution in [2.24, 2.45) is 5.41 Å². The van der Waals surface area contributed by atoms with Gasteiger partial charge in [0.15, 0.2) is 0 Å². The summed E-state index contributed by atoms with van der Waals surface area (Å²) in [6.07, 6.45) is 1.14. The number of nitrogens with one attached hydrogen (secondary N) is 1. The highest BCUT2D eigenvalue weighted by atomic mass is 16.4. The number of hydrogen-bond donors (Lipinski definition) is 2. The summed E-state index contributed by atoms with van der Waals surface area (Å²) < 4.78 is 1.83. The maximum absolute atomic E-state index is 12.4. The van der Waals surface area contributed by atoms with Gasteiger partial charge in [-0.3, -0.25) is 9.59 Å². The van der Waals surface area contributed by atoms with Crippen molar-refractivity contribution in [1.29, 1.82) is 0 Å². The molecule has 1 heterocycles.